The number of piperazine rings is 1. The van der Waals surface area contributed by atoms with Gasteiger partial charge in [0, 0.05) is 30.6 Å². The normalized spacial score (nSPS) is 26.0. The second kappa shape index (κ2) is 6.79. The zero-order valence-electron chi connectivity index (χ0n) is 12.9. The number of sulfone groups is 1. The summed E-state index contributed by atoms with van der Waals surface area (Å²) in [6, 6.07) is 7.34. The Bertz CT molecular complexity index is 675. The standard InChI is InChI=1S/C16H21ClN2O3S/c17-13-6-4-12(5-7-13)2-1-3-16(20)19-9-8-18-14-10-23(21,22)11-15(14)19/h4-7,14-15,18H,1-3,8-11H2/t14-,15+/m1/s1. The molecule has 0 bridgehead atoms. The Morgan fingerprint density at radius 2 is 2.00 bits per heavy atom. The van der Waals surface area contributed by atoms with Crippen molar-refractivity contribution in [2.24, 2.45) is 0 Å². The van der Waals surface area contributed by atoms with Crippen LogP contribution in [0.2, 0.25) is 5.02 Å². The molecule has 0 aliphatic carbocycles. The van der Waals surface area contributed by atoms with Gasteiger partial charge in [0.25, 0.3) is 0 Å². The van der Waals surface area contributed by atoms with E-state index in [1.165, 1.54) is 0 Å². The first-order valence-electron chi connectivity index (χ1n) is 7.92. The fourth-order valence-corrected chi connectivity index (χ4v) is 5.50. The van der Waals surface area contributed by atoms with E-state index in [9.17, 15) is 13.2 Å². The van der Waals surface area contributed by atoms with Crippen LogP contribution in [0, 0.1) is 0 Å². The van der Waals surface area contributed by atoms with Crippen molar-refractivity contribution in [1.29, 1.82) is 0 Å². The summed E-state index contributed by atoms with van der Waals surface area (Å²) >= 11 is 5.86. The number of carbonyl (C=O) groups is 1. The molecule has 0 unspecified atom stereocenters. The molecule has 1 N–H and O–H groups in total. The Hall–Kier alpha value is -1.11. The maximum atomic E-state index is 12.5. The van der Waals surface area contributed by atoms with E-state index in [0.717, 1.165) is 18.4 Å². The lowest BCUT2D eigenvalue weighted by molar-refractivity contribution is -0.134. The number of nitrogens with zero attached hydrogens (tertiary/aromatic N) is 1. The average molecular weight is 357 g/mol. The first-order valence-corrected chi connectivity index (χ1v) is 10.1. The van der Waals surface area contributed by atoms with Gasteiger partial charge in [-0.15, -0.1) is 0 Å². The molecule has 2 fully saturated rings. The number of amides is 1. The number of aryl methyl sites for hydroxylation is 1. The Balaban J connectivity index is 1.54. The van der Waals surface area contributed by atoms with Crippen molar-refractivity contribution in [2.75, 3.05) is 24.6 Å². The van der Waals surface area contributed by atoms with E-state index in [1.807, 2.05) is 24.3 Å². The van der Waals surface area contributed by atoms with Crippen LogP contribution in [0.5, 0.6) is 0 Å². The van der Waals surface area contributed by atoms with Crippen molar-refractivity contribution < 1.29 is 13.2 Å². The molecule has 0 aromatic heterocycles. The molecule has 0 radical (unpaired) electrons. The highest BCUT2D eigenvalue weighted by atomic mass is 35.5. The van der Waals surface area contributed by atoms with Crippen LogP contribution in [0.4, 0.5) is 0 Å². The summed E-state index contributed by atoms with van der Waals surface area (Å²) < 4.78 is 23.6. The van der Waals surface area contributed by atoms with E-state index < -0.39 is 9.84 Å². The van der Waals surface area contributed by atoms with Crippen LogP contribution in [-0.2, 0) is 21.1 Å². The molecule has 0 saturated carbocycles. The van der Waals surface area contributed by atoms with Crippen molar-refractivity contribution in [3.05, 3.63) is 34.9 Å². The number of hydrogen-bond donors (Lipinski definition) is 1. The molecule has 2 aliphatic rings. The SMILES string of the molecule is O=C(CCCc1ccc(Cl)cc1)N1CCN[C@@H]2CS(=O)(=O)C[C@@H]21. The van der Waals surface area contributed by atoms with Crippen molar-refractivity contribution >= 4 is 27.3 Å². The monoisotopic (exact) mass is 356 g/mol. The van der Waals surface area contributed by atoms with Crippen LogP contribution in [0.1, 0.15) is 18.4 Å². The van der Waals surface area contributed by atoms with Crippen LogP contribution in [0.15, 0.2) is 24.3 Å². The zero-order chi connectivity index (χ0) is 16.4. The van der Waals surface area contributed by atoms with Gasteiger partial charge in [-0.2, -0.15) is 0 Å². The second-order valence-electron chi connectivity index (χ2n) is 6.27. The fourth-order valence-electron chi connectivity index (χ4n) is 3.42. The molecular weight excluding hydrogens is 336 g/mol. The molecule has 2 saturated heterocycles. The summed E-state index contributed by atoms with van der Waals surface area (Å²) in [5, 5.41) is 3.93. The third-order valence-electron chi connectivity index (χ3n) is 4.57. The summed E-state index contributed by atoms with van der Waals surface area (Å²) in [5.41, 5.74) is 1.16. The topological polar surface area (TPSA) is 66.5 Å². The van der Waals surface area contributed by atoms with Gasteiger partial charge >= 0.3 is 0 Å². The van der Waals surface area contributed by atoms with E-state index in [-0.39, 0.29) is 29.5 Å². The molecule has 5 nitrogen and oxygen atoms in total. The number of halogens is 1. The van der Waals surface area contributed by atoms with E-state index in [0.29, 0.717) is 24.5 Å². The Kier molecular flexibility index (Phi) is 4.94. The third kappa shape index (κ3) is 4.05. The van der Waals surface area contributed by atoms with E-state index in [1.54, 1.807) is 4.90 Å². The maximum Gasteiger partial charge on any atom is 0.222 e. The van der Waals surface area contributed by atoms with Crippen LogP contribution >= 0.6 is 11.6 Å². The van der Waals surface area contributed by atoms with Gasteiger partial charge in [0.2, 0.25) is 5.91 Å². The molecular formula is C16H21ClN2O3S. The van der Waals surface area contributed by atoms with Crippen LogP contribution in [0.3, 0.4) is 0 Å². The summed E-state index contributed by atoms with van der Waals surface area (Å²) in [7, 11) is -3.03. The van der Waals surface area contributed by atoms with Crippen molar-refractivity contribution in [3.63, 3.8) is 0 Å². The molecule has 1 amide bonds. The molecule has 7 heteroatoms. The van der Waals surface area contributed by atoms with Gasteiger partial charge in [-0.25, -0.2) is 8.42 Å². The summed E-state index contributed by atoms with van der Waals surface area (Å²) in [4.78, 5) is 14.2. The number of benzene rings is 1. The number of hydrogen-bond acceptors (Lipinski definition) is 4. The van der Waals surface area contributed by atoms with Crippen LogP contribution in [0.25, 0.3) is 0 Å². The third-order valence-corrected chi connectivity index (χ3v) is 6.54. The van der Waals surface area contributed by atoms with Gasteiger partial charge in [-0.3, -0.25) is 4.79 Å². The lowest BCUT2D eigenvalue weighted by Gasteiger charge is -2.37. The predicted molar refractivity (Wildman–Crippen MR) is 90.3 cm³/mol. The van der Waals surface area contributed by atoms with E-state index in [2.05, 4.69) is 5.32 Å². The number of rotatable bonds is 4. The van der Waals surface area contributed by atoms with Gasteiger partial charge in [-0.1, -0.05) is 23.7 Å². The minimum Gasteiger partial charge on any atom is -0.336 e. The highest BCUT2D eigenvalue weighted by Crippen LogP contribution is 2.22. The smallest absolute Gasteiger partial charge is 0.222 e. The largest absolute Gasteiger partial charge is 0.336 e. The first kappa shape index (κ1) is 16.7. The molecule has 23 heavy (non-hydrogen) atoms. The molecule has 1 aromatic carbocycles. The van der Waals surface area contributed by atoms with Crippen molar-refractivity contribution in [1.82, 2.24) is 10.2 Å². The summed E-state index contributed by atoms with van der Waals surface area (Å²) in [6.45, 7) is 1.26. The summed E-state index contributed by atoms with van der Waals surface area (Å²) in [5.74, 6) is 0.298. The molecule has 126 valence electrons. The number of fused-ring (bicyclic) bond motifs is 1. The van der Waals surface area contributed by atoms with Crippen LogP contribution in [-0.4, -0.2) is 55.9 Å². The first-order chi connectivity index (χ1) is 10.9. The van der Waals surface area contributed by atoms with Crippen molar-refractivity contribution in [3.8, 4) is 0 Å². The predicted octanol–water partition coefficient (Wildman–Crippen LogP) is 1.26. The second-order valence-corrected chi connectivity index (χ2v) is 8.86. The molecule has 2 atom stereocenters. The number of carbonyl (C=O) groups excluding carboxylic acids is 1. The molecule has 2 heterocycles. The Morgan fingerprint density at radius 1 is 1.26 bits per heavy atom. The molecule has 3 rings (SSSR count). The lowest BCUT2D eigenvalue weighted by atomic mass is 10.0. The number of nitrogens with one attached hydrogen (secondary N) is 1. The molecule has 1 aromatic rings. The van der Waals surface area contributed by atoms with Crippen molar-refractivity contribution in [2.45, 2.75) is 31.3 Å². The van der Waals surface area contributed by atoms with Crippen LogP contribution < -0.4 is 5.32 Å². The maximum absolute atomic E-state index is 12.5. The van der Waals surface area contributed by atoms with Gasteiger partial charge in [0.1, 0.15) is 0 Å². The molecule has 0 spiro atoms. The highest BCUT2D eigenvalue weighted by molar-refractivity contribution is 7.91. The molecule has 2 aliphatic heterocycles. The van der Waals surface area contributed by atoms with Gasteiger partial charge < -0.3 is 10.2 Å². The van der Waals surface area contributed by atoms with Gasteiger partial charge in [0.05, 0.1) is 17.5 Å². The Morgan fingerprint density at radius 3 is 2.74 bits per heavy atom. The minimum absolute atomic E-state index is 0.0626. The Labute approximate surface area is 141 Å². The van der Waals surface area contributed by atoms with E-state index >= 15 is 0 Å². The van der Waals surface area contributed by atoms with Gasteiger partial charge in [-0.05, 0) is 30.5 Å². The zero-order valence-corrected chi connectivity index (χ0v) is 14.4. The average Bonchev–Trinajstić information content (AvgIpc) is 2.82. The highest BCUT2D eigenvalue weighted by Gasteiger charge is 2.44. The van der Waals surface area contributed by atoms with E-state index in [4.69, 9.17) is 11.6 Å². The lowest BCUT2D eigenvalue weighted by Crippen LogP contribution is -2.59. The minimum atomic E-state index is -3.03. The fraction of sp³-hybridized carbons (Fsp3) is 0.562. The van der Waals surface area contributed by atoms with Gasteiger partial charge in [0.15, 0.2) is 9.84 Å². The summed E-state index contributed by atoms with van der Waals surface area (Å²) in [6.07, 6.45) is 2.03. The quantitative estimate of drug-likeness (QED) is 0.882.